The van der Waals surface area contributed by atoms with Crippen LogP contribution in [0.15, 0.2) is 22.6 Å². The molecule has 0 fully saturated rings. The van der Waals surface area contributed by atoms with Crippen molar-refractivity contribution in [1.29, 1.82) is 0 Å². The molecule has 1 aromatic carbocycles. The van der Waals surface area contributed by atoms with Crippen molar-refractivity contribution in [2.75, 3.05) is 11.9 Å². The zero-order valence-corrected chi connectivity index (χ0v) is 11.8. The molecule has 1 aromatic heterocycles. The lowest BCUT2D eigenvalue weighted by molar-refractivity contribution is 0.479. The second kappa shape index (κ2) is 6.54. The Morgan fingerprint density at radius 2 is 2.16 bits per heavy atom. The van der Waals surface area contributed by atoms with E-state index in [1.165, 1.54) is 0 Å². The van der Waals surface area contributed by atoms with E-state index in [0.717, 1.165) is 24.2 Å². The van der Waals surface area contributed by atoms with Gasteiger partial charge >= 0.3 is 6.01 Å². The van der Waals surface area contributed by atoms with Gasteiger partial charge in [-0.25, -0.2) is 0 Å². The summed E-state index contributed by atoms with van der Waals surface area (Å²) in [7, 11) is 0. The first-order valence-electron chi connectivity index (χ1n) is 6.26. The first kappa shape index (κ1) is 13.8. The first-order valence-corrected chi connectivity index (χ1v) is 6.63. The summed E-state index contributed by atoms with van der Waals surface area (Å²) < 4.78 is 5.49. The zero-order chi connectivity index (χ0) is 13.7. The van der Waals surface area contributed by atoms with Gasteiger partial charge in [-0.15, -0.1) is 5.10 Å². The van der Waals surface area contributed by atoms with Crippen LogP contribution in [0.3, 0.4) is 0 Å². The summed E-state index contributed by atoms with van der Waals surface area (Å²) in [6.07, 6.45) is 1.07. The van der Waals surface area contributed by atoms with Crippen LogP contribution in [0.5, 0.6) is 0 Å². The molecule has 0 amide bonds. The van der Waals surface area contributed by atoms with Gasteiger partial charge in [0, 0.05) is 0 Å². The molecule has 2 aromatic rings. The predicted molar refractivity (Wildman–Crippen MR) is 75.8 cm³/mol. The van der Waals surface area contributed by atoms with Gasteiger partial charge in [0.05, 0.1) is 17.3 Å². The van der Waals surface area contributed by atoms with E-state index in [1.54, 1.807) is 0 Å². The molecule has 102 valence electrons. The highest BCUT2D eigenvalue weighted by Gasteiger charge is 2.09. The normalized spacial score (nSPS) is 10.7. The molecular formula is C13H17ClN4O. The van der Waals surface area contributed by atoms with Gasteiger partial charge < -0.3 is 15.1 Å². The number of anilines is 2. The number of para-hydroxylation sites is 1. The molecule has 0 saturated carbocycles. The molecule has 0 aliphatic rings. The molecule has 0 radical (unpaired) electrons. The number of nitrogens with one attached hydrogen (secondary N) is 2. The summed E-state index contributed by atoms with van der Waals surface area (Å²) in [4.78, 5) is 0. The van der Waals surface area contributed by atoms with E-state index < -0.39 is 0 Å². The molecule has 0 bridgehead atoms. The topological polar surface area (TPSA) is 63.0 Å². The molecule has 0 unspecified atom stereocenters. The Morgan fingerprint density at radius 1 is 1.32 bits per heavy atom. The van der Waals surface area contributed by atoms with Crippen molar-refractivity contribution in [3.05, 3.63) is 34.7 Å². The third-order valence-corrected chi connectivity index (χ3v) is 2.94. The molecule has 2 N–H and O–H groups in total. The van der Waals surface area contributed by atoms with Crippen molar-refractivity contribution in [3.63, 3.8) is 0 Å². The van der Waals surface area contributed by atoms with E-state index in [1.807, 2.05) is 25.1 Å². The van der Waals surface area contributed by atoms with Gasteiger partial charge in [-0.3, -0.25) is 0 Å². The van der Waals surface area contributed by atoms with Gasteiger partial charge in [0.15, 0.2) is 0 Å². The molecule has 0 aliphatic carbocycles. The maximum atomic E-state index is 6.12. The van der Waals surface area contributed by atoms with Crippen LogP contribution >= 0.6 is 11.6 Å². The number of rotatable bonds is 6. The summed E-state index contributed by atoms with van der Waals surface area (Å²) in [6, 6.07) is 6.03. The second-order valence-corrected chi connectivity index (χ2v) is 4.64. The Bertz CT molecular complexity index is 521. The van der Waals surface area contributed by atoms with Crippen LogP contribution in [0, 0.1) is 6.92 Å². The number of benzene rings is 1. The fourth-order valence-corrected chi connectivity index (χ4v) is 1.91. The Hall–Kier alpha value is -1.59. The largest absolute Gasteiger partial charge is 0.406 e. The van der Waals surface area contributed by atoms with Gasteiger partial charge in [-0.2, -0.15) is 0 Å². The standard InChI is InChI=1S/C13H17ClN4O/c1-3-7-15-8-11-17-18-13(19-11)16-12-9(2)5-4-6-10(12)14/h4-6,15H,3,7-8H2,1-2H3,(H,16,18). The quantitative estimate of drug-likeness (QED) is 0.795. The summed E-state index contributed by atoms with van der Waals surface area (Å²) in [5.74, 6) is 0.556. The van der Waals surface area contributed by atoms with Gasteiger partial charge in [0.2, 0.25) is 5.89 Å². The summed E-state index contributed by atoms with van der Waals surface area (Å²) in [5.41, 5.74) is 1.82. The Labute approximate surface area is 117 Å². The molecule has 6 heteroatoms. The molecule has 0 spiro atoms. The third-order valence-electron chi connectivity index (χ3n) is 2.62. The summed E-state index contributed by atoms with van der Waals surface area (Å²) >= 11 is 6.12. The molecule has 0 atom stereocenters. The number of hydrogen-bond donors (Lipinski definition) is 2. The van der Waals surface area contributed by atoms with Crippen LogP contribution in [0.25, 0.3) is 0 Å². The SMILES string of the molecule is CCCNCc1nnc(Nc2c(C)cccc2Cl)o1. The maximum Gasteiger partial charge on any atom is 0.320 e. The summed E-state index contributed by atoms with van der Waals surface area (Å²) in [6.45, 7) is 5.57. The van der Waals surface area contributed by atoms with Crippen molar-refractivity contribution in [3.8, 4) is 0 Å². The van der Waals surface area contributed by atoms with E-state index in [0.29, 0.717) is 23.5 Å². The first-order chi connectivity index (χ1) is 9.20. The Kier molecular flexibility index (Phi) is 4.76. The number of halogens is 1. The minimum Gasteiger partial charge on any atom is -0.406 e. The monoisotopic (exact) mass is 280 g/mol. The molecule has 19 heavy (non-hydrogen) atoms. The van der Waals surface area contributed by atoms with Crippen LogP contribution in [-0.4, -0.2) is 16.7 Å². The van der Waals surface area contributed by atoms with Crippen molar-refractivity contribution in [2.24, 2.45) is 0 Å². The van der Waals surface area contributed by atoms with Gasteiger partial charge in [-0.1, -0.05) is 35.8 Å². The van der Waals surface area contributed by atoms with E-state index in [-0.39, 0.29) is 0 Å². The highest BCUT2D eigenvalue weighted by Crippen LogP contribution is 2.28. The smallest absolute Gasteiger partial charge is 0.320 e. The minimum absolute atomic E-state index is 0.351. The fraction of sp³-hybridized carbons (Fsp3) is 0.385. The van der Waals surface area contributed by atoms with Crippen LogP contribution in [-0.2, 0) is 6.54 Å². The van der Waals surface area contributed by atoms with E-state index in [4.69, 9.17) is 16.0 Å². The van der Waals surface area contributed by atoms with Crippen molar-refractivity contribution in [1.82, 2.24) is 15.5 Å². The summed E-state index contributed by atoms with van der Waals surface area (Å²) in [5, 5.41) is 14.8. The van der Waals surface area contributed by atoms with Gasteiger partial charge in [0.25, 0.3) is 0 Å². The van der Waals surface area contributed by atoms with Crippen molar-refractivity contribution in [2.45, 2.75) is 26.8 Å². The average Bonchev–Trinajstić information content (AvgIpc) is 2.82. The predicted octanol–water partition coefficient (Wildman–Crippen LogP) is 3.27. The van der Waals surface area contributed by atoms with Gasteiger partial charge in [-0.05, 0) is 31.5 Å². The average molecular weight is 281 g/mol. The Balaban J connectivity index is 2.03. The lowest BCUT2D eigenvalue weighted by Gasteiger charge is -2.07. The third kappa shape index (κ3) is 3.68. The Morgan fingerprint density at radius 3 is 2.89 bits per heavy atom. The lowest BCUT2D eigenvalue weighted by Crippen LogP contribution is -2.13. The molecular weight excluding hydrogens is 264 g/mol. The van der Waals surface area contributed by atoms with E-state index in [9.17, 15) is 0 Å². The number of aryl methyl sites for hydroxylation is 1. The highest BCUT2D eigenvalue weighted by molar-refractivity contribution is 6.33. The number of hydrogen-bond acceptors (Lipinski definition) is 5. The lowest BCUT2D eigenvalue weighted by atomic mass is 10.2. The van der Waals surface area contributed by atoms with E-state index in [2.05, 4.69) is 27.8 Å². The minimum atomic E-state index is 0.351. The van der Waals surface area contributed by atoms with Crippen molar-refractivity contribution < 1.29 is 4.42 Å². The number of nitrogens with zero attached hydrogens (tertiary/aromatic N) is 2. The fourth-order valence-electron chi connectivity index (χ4n) is 1.64. The van der Waals surface area contributed by atoms with E-state index >= 15 is 0 Å². The maximum absolute atomic E-state index is 6.12. The van der Waals surface area contributed by atoms with Gasteiger partial charge in [0.1, 0.15) is 0 Å². The van der Waals surface area contributed by atoms with Crippen LogP contribution < -0.4 is 10.6 Å². The zero-order valence-electron chi connectivity index (χ0n) is 11.0. The second-order valence-electron chi connectivity index (χ2n) is 4.23. The molecule has 5 nitrogen and oxygen atoms in total. The molecule has 0 saturated heterocycles. The van der Waals surface area contributed by atoms with Crippen LogP contribution in [0.1, 0.15) is 24.8 Å². The van der Waals surface area contributed by atoms with Crippen LogP contribution in [0.4, 0.5) is 11.7 Å². The van der Waals surface area contributed by atoms with Crippen molar-refractivity contribution >= 4 is 23.3 Å². The number of aromatic nitrogens is 2. The molecule has 0 aliphatic heterocycles. The van der Waals surface area contributed by atoms with Crippen LogP contribution in [0.2, 0.25) is 5.02 Å². The highest BCUT2D eigenvalue weighted by atomic mass is 35.5. The molecule has 1 heterocycles. The molecule has 2 rings (SSSR count).